The molecule has 17 atom stereocenters. The van der Waals surface area contributed by atoms with Gasteiger partial charge in [-0.05, 0) is 173 Å². The highest BCUT2D eigenvalue weighted by molar-refractivity contribution is 5.84. The van der Waals surface area contributed by atoms with E-state index in [1.165, 1.54) is 59.2 Å². The Hall–Kier alpha value is -3.26. The molecule has 7 saturated carbocycles. The number of carbonyl (C=O) groups excluding carboxylic acids is 6. The van der Waals surface area contributed by atoms with Crippen LogP contribution in [0, 0.1) is 93.2 Å². The largest absolute Gasteiger partial charge is 0.469 e. The fourth-order valence-electron chi connectivity index (χ4n) is 14.0. The van der Waals surface area contributed by atoms with Gasteiger partial charge in [0.25, 0.3) is 0 Å². The van der Waals surface area contributed by atoms with Crippen molar-refractivity contribution in [1.29, 1.82) is 0 Å². The number of hydrogen-bond acceptors (Lipinski definition) is 14. The molecule has 11 fully saturated rings. The van der Waals surface area contributed by atoms with Crippen LogP contribution in [0.5, 0.6) is 0 Å². The lowest BCUT2D eigenvalue weighted by Crippen LogP contribution is -2.38. The third-order valence-electron chi connectivity index (χ3n) is 18.8. The van der Waals surface area contributed by atoms with E-state index in [4.69, 9.17) is 28.4 Å². The van der Waals surface area contributed by atoms with Crippen molar-refractivity contribution >= 4 is 35.8 Å². The van der Waals surface area contributed by atoms with Crippen LogP contribution in [0.2, 0.25) is 0 Å². The van der Waals surface area contributed by atoms with Gasteiger partial charge in [0.15, 0.2) is 5.79 Å². The highest BCUT2D eigenvalue weighted by atomic mass is 16.8. The lowest BCUT2D eigenvalue weighted by Gasteiger charge is -2.38. The predicted octanol–water partition coefficient (Wildman–Crippen LogP) is 12.1. The molecule has 14 nitrogen and oxygen atoms in total. The summed E-state index contributed by atoms with van der Waals surface area (Å²) in [5.74, 6) is 7.23. The number of cyclic esters (lactones) is 2. The van der Waals surface area contributed by atoms with E-state index in [1.807, 2.05) is 76.2 Å². The molecule has 7 aliphatic carbocycles. The molecule has 0 spiro atoms. The Labute approximate surface area is 443 Å². The normalized spacial score (nSPS) is 36.8. The SMILES string of the molecule is C.C.C.C.C.C.CCC(C)(C)C(=O)OC.CCC(C)(C)C(=O)OC.CCC(C)(C)C(=O)OC1C(=O)OC2C1CC1OC(C)(C)OC12.O=C1OCC2C3CC(C12)C1C2CCC(C2)C31.O=C1OCC2C3CCC(C3)C12. The average molecular weight is 1040 g/mol. The van der Waals surface area contributed by atoms with E-state index < -0.39 is 23.3 Å². The quantitative estimate of drug-likeness (QED) is 0.134. The second-order valence-electron chi connectivity index (χ2n) is 24.0. The lowest BCUT2D eigenvalue weighted by atomic mass is 9.64. The summed E-state index contributed by atoms with van der Waals surface area (Å²) in [5, 5.41) is 0. The minimum absolute atomic E-state index is 0. The fourth-order valence-corrected chi connectivity index (χ4v) is 14.0. The van der Waals surface area contributed by atoms with Gasteiger partial charge in [-0.2, -0.15) is 0 Å². The van der Waals surface area contributed by atoms with Gasteiger partial charge >= 0.3 is 35.8 Å². The van der Waals surface area contributed by atoms with Crippen molar-refractivity contribution in [3.05, 3.63) is 0 Å². The van der Waals surface area contributed by atoms with Crippen molar-refractivity contribution in [3.8, 4) is 0 Å². The molecule has 0 aromatic heterocycles. The Bertz CT molecular complexity index is 1840. The molecule has 4 saturated heterocycles. The molecule has 14 heteroatoms. The van der Waals surface area contributed by atoms with E-state index in [0.717, 1.165) is 67.5 Å². The van der Waals surface area contributed by atoms with Crippen molar-refractivity contribution in [3.63, 3.8) is 0 Å². The number of carbonyl (C=O) groups is 6. The maximum atomic E-state index is 12.2. The molecule has 11 rings (SSSR count). The molecular weight excluding hydrogens is 933 g/mol. The molecule has 73 heavy (non-hydrogen) atoms. The second-order valence-corrected chi connectivity index (χ2v) is 24.0. The summed E-state index contributed by atoms with van der Waals surface area (Å²) in [6.07, 6.45) is 11.0. The number of rotatable bonds is 7. The molecule has 11 aliphatic rings. The molecular formula is C59H106O14. The van der Waals surface area contributed by atoms with Crippen LogP contribution in [0.4, 0.5) is 0 Å². The van der Waals surface area contributed by atoms with E-state index in [2.05, 4.69) is 9.47 Å². The Kier molecular flexibility index (Phi) is 23.9. The zero-order valence-corrected chi connectivity index (χ0v) is 42.7. The van der Waals surface area contributed by atoms with Crippen LogP contribution in [0.1, 0.15) is 191 Å². The van der Waals surface area contributed by atoms with Crippen LogP contribution >= 0.6 is 0 Å². The van der Waals surface area contributed by atoms with Crippen LogP contribution in [0.3, 0.4) is 0 Å². The Morgan fingerprint density at radius 1 is 0.521 bits per heavy atom. The van der Waals surface area contributed by atoms with Crippen molar-refractivity contribution in [2.75, 3.05) is 27.4 Å². The number of fused-ring (bicyclic) bond motifs is 20. The van der Waals surface area contributed by atoms with Crippen LogP contribution in [0.25, 0.3) is 0 Å². The number of hydrogen-bond donors (Lipinski definition) is 0. The molecule has 0 radical (unpaired) electrons. The Morgan fingerprint density at radius 2 is 0.973 bits per heavy atom. The topological polar surface area (TPSA) is 176 Å². The summed E-state index contributed by atoms with van der Waals surface area (Å²) in [7, 11) is 2.83. The molecule has 0 N–H and O–H groups in total. The molecule has 4 aliphatic heterocycles. The average Bonchev–Trinajstić information content (AvgIpc) is 4.15. The van der Waals surface area contributed by atoms with Crippen molar-refractivity contribution in [2.45, 2.75) is 222 Å². The van der Waals surface area contributed by atoms with Crippen molar-refractivity contribution in [2.24, 2.45) is 93.2 Å². The number of ether oxygens (including phenoxy) is 8. The molecule has 4 heterocycles. The molecule has 17 unspecified atom stereocenters. The summed E-state index contributed by atoms with van der Waals surface area (Å²) < 4.78 is 42.1. The van der Waals surface area contributed by atoms with Gasteiger partial charge in [-0.25, -0.2) is 4.79 Å². The summed E-state index contributed by atoms with van der Waals surface area (Å²) in [6.45, 7) is 22.1. The maximum Gasteiger partial charge on any atom is 0.348 e. The van der Waals surface area contributed by atoms with Crippen molar-refractivity contribution < 1.29 is 66.7 Å². The first-order chi connectivity index (χ1) is 31.4. The first-order valence-electron chi connectivity index (χ1n) is 25.7. The van der Waals surface area contributed by atoms with Crippen LogP contribution < -0.4 is 0 Å². The highest BCUT2D eigenvalue weighted by Crippen LogP contribution is 2.71. The van der Waals surface area contributed by atoms with Gasteiger partial charge in [-0.3, -0.25) is 24.0 Å². The molecule has 6 bridgehead atoms. The zero-order chi connectivity index (χ0) is 49.1. The standard InChI is InChI=1S/C16H24O6.C14H18O2.C9H12O2.2C7H14O2.6CH4/c1-6-15(2,3)14(18)20-11-8-7-9-12(10(8)19-13(11)17)22-16(4,5)21-9;15-14-13-9-4-8(10(13)5-16-14)11-6-1-2-7(3-6)12(9)11;10-9-8-6-2-1-5(3-6)7(8)4-11-9;2*1-5-7(2,3)6(8)9-4;;;;;;/h8-12H,6-7H2,1-5H3;6-13H,1-5H2;5-8H,1-4H2;2*5H2,1-4H3;6*1H4. The molecule has 0 amide bonds. The molecule has 426 valence electrons. The summed E-state index contributed by atoms with van der Waals surface area (Å²) >= 11 is 0. The van der Waals surface area contributed by atoms with E-state index in [0.29, 0.717) is 42.4 Å². The van der Waals surface area contributed by atoms with E-state index in [9.17, 15) is 28.8 Å². The van der Waals surface area contributed by atoms with Gasteiger partial charge in [0.1, 0.15) is 12.2 Å². The van der Waals surface area contributed by atoms with Crippen LogP contribution in [0.15, 0.2) is 0 Å². The summed E-state index contributed by atoms with van der Waals surface area (Å²) in [6, 6.07) is 0. The van der Waals surface area contributed by atoms with Gasteiger partial charge in [0, 0.05) is 17.8 Å². The smallest absolute Gasteiger partial charge is 0.348 e. The van der Waals surface area contributed by atoms with Gasteiger partial charge in [0.05, 0.1) is 61.6 Å². The van der Waals surface area contributed by atoms with Crippen LogP contribution in [-0.4, -0.2) is 93.5 Å². The van der Waals surface area contributed by atoms with Gasteiger partial charge in [-0.1, -0.05) is 65.3 Å². The third-order valence-corrected chi connectivity index (χ3v) is 18.8. The second kappa shape index (κ2) is 25.7. The van der Waals surface area contributed by atoms with Crippen LogP contribution in [-0.2, 0) is 66.7 Å². The number of esters is 6. The monoisotopic (exact) mass is 1040 g/mol. The van der Waals surface area contributed by atoms with E-state index in [1.54, 1.807) is 0 Å². The maximum absolute atomic E-state index is 12.2. The lowest BCUT2D eigenvalue weighted by molar-refractivity contribution is -0.170. The van der Waals surface area contributed by atoms with Gasteiger partial charge < -0.3 is 37.9 Å². The minimum Gasteiger partial charge on any atom is -0.469 e. The number of methoxy groups -OCH3 is 2. The first kappa shape index (κ1) is 67.8. The van der Waals surface area contributed by atoms with Crippen molar-refractivity contribution in [1.82, 2.24) is 0 Å². The minimum atomic E-state index is -0.843. The Morgan fingerprint density at radius 3 is 1.47 bits per heavy atom. The van der Waals surface area contributed by atoms with Gasteiger partial charge in [-0.15, -0.1) is 0 Å². The summed E-state index contributed by atoms with van der Waals surface area (Å²) in [4.78, 5) is 69.1. The Balaban J connectivity index is 0.000000468. The highest BCUT2D eigenvalue weighted by Gasteiger charge is 2.69. The first-order valence-corrected chi connectivity index (χ1v) is 25.7. The van der Waals surface area contributed by atoms with E-state index >= 15 is 0 Å². The zero-order valence-electron chi connectivity index (χ0n) is 42.7. The third kappa shape index (κ3) is 13.0. The predicted molar refractivity (Wildman–Crippen MR) is 284 cm³/mol. The van der Waals surface area contributed by atoms with Gasteiger partial charge in [0.2, 0.25) is 6.10 Å². The fraction of sp³-hybridized carbons (Fsp3) is 0.898. The molecule has 0 aromatic rings. The van der Waals surface area contributed by atoms with E-state index in [-0.39, 0.29) is 109 Å². The summed E-state index contributed by atoms with van der Waals surface area (Å²) in [5.41, 5.74) is -1.23. The molecule has 0 aromatic carbocycles.